The number of nitrogens with zero attached hydrogens (tertiary/aromatic N) is 4. The van der Waals surface area contributed by atoms with Gasteiger partial charge in [0, 0.05) is 55.8 Å². The fraction of sp³-hybridized carbons (Fsp3) is 0.538. The molecule has 1 aromatic heterocycles. The molecule has 3 fully saturated rings. The molecule has 0 bridgehead atoms. The van der Waals surface area contributed by atoms with Crippen LogP contribution in [0.4, 0.5) is 9.93 Å². The molecule has 2 saturated heterocycles. The SMILES string of the molecule is COC(=O)N1CCCN(Cc2cnc(NC(=O)C(=NO[C@@H]3CCOC3)c3ccc(S(=O)(=O)C4CC4)cc3)s2)CC1. The van der Waals surface area contributed by atoms with Crippen molar-refractivity contribution in [3.63, 3.8) is 0 Å². The number of ether oxygens (including phenoxy) is 2. The van der Waals surface area contributed by atoms with Gasteiger partial charge >= 0.3 is 6.09 Å². The average molecular weight is 592 g/mol. The molecular weight excluding hydrogens is 558 g/mol. The average Bonchev–Trinajstić information content (AvgIpc) is 3.61. The first kappa shape index (κ1) is 28.5. The highest BCUT2D eigenvalue weighted by molar-refractivity contribution is 7.92. The number of nitrogens with one attached hydrogen (secondary N) is 1. The molecule has 216 valence electrons. The molecule has 0 unspecified atom stereocenters. The number of thiazole rings is 1. The Hall–Kier alpha value is -3.07. The molecule has 14 heteroatoms. The van der Waals surface area contributed by atoms with Gasteiger partial charge in [-0.1, -0.05) is 17.3 Å². The van der Waals surface area contributed by atoms with Gasteiger partial charge in [0.15, 0.2) is 26.8 Å². The lowest BCUT2D eigenvalue weighted by Crippen LogP contribution is -2.34. The van der Waals surface area contributed by atoms with Crippen LogP contribution in [0, 0.1) is 0 Å². The molecule has 2 aliphatic heterocycles. The molecule has 1 aliphatic carbocycles. The predicted octanol–water partition coefficient (Wildman–Crippen LogP) is 2.50. The normalized spacial score (nSPS) is 20.7. The van der Waals surface area contributed by atoms with E-state index < -0.39 is 15.7 Å². The Morgan fingerprint density at radius 3 is 2.65 bits per heavy atom. The lowest BCUT2D eigenvalue weighted by molar-refractivity contribution is -0.110. The fourth-order valence-corrected chi connectivity index (χ4v) is 7.08. The number of benzene rings is 1. The minimum absolute atomic E-state index is 0.0226. The van der Waals surface area contributed by atoms with Crippen LogP contribution in [0.5, 0.6) is 0 Å². The molecule has 40 heavy (non-hydrogen) atoms. The summed E-state index contributed by atoms with van der Waals surface area (Å²) in [7, 11) is -1.96. The lowest BCUT2D eigenvalue weighted by Gasteiger charge is -2.20. The van der Waals surface area contributed by atoms with Crippen LogP contribution in [-0.2, 0) is 35.5 Å². The molecule has 1 N–H and O–H groups in total. The summed E-state index contributed by atoms with van der Waals surface area (Å²) in [5.41, 5.74) is 0.456. The number of oxime groups is 1. The van der Waals surface area contributed by atoms with Crippen molar-refractivity contribution in [2.75, 3.05) is 51.8 Å². The van der Waals surface area contributed by atoms with Gasteiger partial charge in [-0.15, -0.1) is 11.3 Å². The van der Waals surface area contributed by atoms with Crippen molar-refractivity contribution in [2.24, 2.45) is 5.16 Å². The van der Waals surface area contributed by atoms with E-state index in [0.717, 1.165) is 17.8 Å². The summed E-state index contributed by atoms with van der Waals surface area (Å²) in [6.07, 6.45) is 4.01. The molecule has 5 rings (SSSR count). The van der Waals surface area contributed by atoms with Crippen LogP contribution in [0.3, 0.4) is 0 Å². The van der Waals surface area contributed by atoms with Gasteiger partial charge in [-0.05, 0) is 31.4 Å². The first-order valence-electron chi connectivity index (χ1n) is 13.3. The zero-order valence-electron chi connectivity index (χ0n) is 22.3. The van der Waals surface area contributed by atoms with Gasteiger partial charge in [-0.25, -0.2) is 18.2 Å². The summed E-state index contributed by atoms with van der Waals surface area (Å²) in [5.74, 6) is -0.513. The van der Waals surface area contributed by atoms with Gasteiger partial charge in [0.25, 0.3) is 5.91 Å². The van der Waals surface area contributed by atoms with Crippen LogP contribution >= 0.6 is 11.3 Å². The summed E-state index contributed by atoms with van der Waals surface area (Å²) < 4.78 is 35.4. The van der Waals surface area contributed by atoms with E-state index in [4.69, 9.17) is 14.3 Å². The van der Waals surface area contributed by atoms with Crippen LogP contribution < -0.4 is 5.32 Å². The molecule has 12 nitrogen and oxygen atoms in total. The standard InChI is InChI=1S/C26H33N5O7S2/c1-36-26(33)31-11-2-10-30(12-13-31)16-20-15-27-25(39-20)28-24(32)23(29-38-19-9-14-37-17-19)18-3-5-21(6-4-18)40(34,35)22-7-8-22/h3-6,15,19,22H,2,7-14,16-17H2,1H3,(H,27,28,32)/t19-/m1/s1. The first-order chi connectivity index (χ1) is 19.3. The van der Waals surface area contributed by atoms with Crippen molar-refractivity contribution >= 4 is 44.0 Å². The van der Waals surface area contributed by atoms with Gasteiger partial charge in [0.2, 0.25) is 0 Å². The van der Waals surface area contributed by atoms with Crippen molar-refractivity contribution in [3.8, 4) is 0 Å². The van der Waals surface area contributed by atoms with E-state index in [1.165, 1.54) is 30.6 Å². The second-order valence-corrected chi connectivity index (χ2v) is 13.3. The Morgan fingerprint density at radius 1 is 1.15 bits per heavy atom. The Morgan fingerprint density at radius 2 is 1.95 bits per heavy atom. The first-order valence-corrected chi connectivity index (χ1v) is 15.7. The largest absolute Gasteiger partial charge is 0.453 e. The van der Waals surface area contributed by atoms with E-state index in [-0.39, 0.29) is 28.1 Å². The van der Waals surface area contributed by atoms with Crippen molar-refractivity contribution < 1.29 is 32.3 Å². The Bertz CT molecular complexity index is 1340. The summed E-state index contributed by atoms with van der Waals surface area (Å²) in [6.45, 7) is 4.37. The maximum atomic E-state index is 13.3. The summed E-state index contributed by atoms with van der Waals surface area (Å²) in [6, 6.07) is 6.17. The van der Waals surface area contributed by atoms with Crippen molar-refractivity contribution in [1.29, 1.82) is 0 Å². The van der Waals surface area contributed by atoms with E-state index in [1.807, 2.05) is 0 Å². The Balaban J connectivity index is 1.25. The molecule has 1 aromatic carbocycles. The Labute approximate surface area is 237 Å². The number of carbonyl (C=O) groups is 2. The highest BCUT2D eigenvalue weighted by Gasteiger charge is 2.37. The molecule has 0 radical (unpaired) electrons. The van der Waals surface area contributed by atoms with Gasteiger partial charge in [0.05, 0.1) is 30.5 Å². The van der Waals surface area contributed by atoms with Crippen LogP contribution in [0.1, 0.15) is 36.1 Å². The third kappa shape index (κ3) is 6.97. The second-order valence-electron chi connectivity index (χ2n) is 9.97. The number of rotatable bonds is 9. The maximum absolute atomic E-state index is 13.3. The lowest BCUT2D eigenvalue weighted by atomic mass is 10.1. The number of amides is 2. The quantitative estimate of drug-likeness (QED) is 0.344. The summed E-state index contributed by atoms with van der Waals surface area (Å²) in [4.78, 5) is 40.3. The molecule has 3 heterocycles. The fourth-order valence-electron chi connectivity index (χ4n) is 4.58. The number of hydrogen-bond acceptors (Lipinski definition) is 11. The number of methoxy groups -OCH3 is 1. The predicted molar refractivity (Wildman–Crippen MR) is 148 cm³/mol. The molecule has 1 saturated carbocycles. The van der Waals surface area contributed by atoms with Gasteiger partial charge < -0.3 is 19.2 Å². The monoisotopic (exact) mass is 591 g/mol. The third-order valence-corrected chi connectivity index (χ3v) is 10.2. The molecule has 0 spiro atoms. The summed E-state index contributed by atoms with van der Waals surface area (Å²) in [5, 5.41) is 7.05. The highest BCUT2D eigenvalue weighted by Crippen LogP contribution is 2.33. The van der Waals surface area contributed by atoms with Crippen molar-refractivity contribution in [3.05, 3.63) is 40.9 Å². The Kier molecular flexibility index (Phi) is 8.98. The second kappa shape index (κ2) is 12.6. The molecule has 1 atom stereocenters. The van der Waals surface area contributed by atoms with E-state index in [2.05, 4.69) is 20.4 Å². The van der Waals surface area contributed by atoms with Crippen LogP contribution in [0.15, 0.2) is 40.5 Å². The van der Waals surface area contributed by atoms with E-state index in [1.54, 1.807) is 23.2 Å². The van der Waals surface area contributed by atoms with Crippen LogP contribution in [0.25, 0.3) is 0 Å². The van der Waals surface area contributed by atoms with Gasteiger partial charge in [-0.2, -0.15) is 0 Å². The van der Waals surface area contributed by atoms with Gasteiger partial charge in [0.1, 0.15) is 0 Å². The third-order valence-electron chi connectivity index (χ3n) is 6.99. The number of sulfone groups is 1. The molecule has 2 aromatic rings. The molecule has 2 amide bonds. The van der Waals surface area contributed by atoms with E-state index >= 15 is 0 Å². The zero-order valence-corrected chi connectivity index (χ0v) is 23.9. The van der Waals surface area contributed by atoms with Crippen LogP contribution in [-0.4, -0.2) is 98.8 Å². The minimum Gasteiger partial charge on any atom is -0.453 e. The number of aromatic nitrogens is 1. The topological polar surface area (TPSA) is 140 Å². The van der Waals surface area contributed by atoms with Crippen molar-refractivity contribution in [2.45, 2.75) is 48.5 Å². The van der Waals surface area contributed by atoms with E-state index in [9.17, 15) is 18.0 Å². The molecule has 3 aliphatic rings. The highest BCUT2D eigenvalue weighted by atomic mass is 32.2. The minimum atomic E-state index is -3.35. The number of anilines is 1. The number of hydrogen-bond donors (Lipinski definition) is 1. The van der Waals surface area contributed by atoms with Crippen molar-refractivity contribution in [1.82, 2.24) is 14.8 Å². The smallest absolute Gasteiger partial charge is 0.409 e. The van der Waals surface area contributed by atoms with Gasteiger partial charge in [-0.3, -0.25) is 15.0 Å². The molecular formula is C26H33N5O7S2. The van der Waals surface area contributed by atoms with E-state index in [0.29, 0.717) is 69.4 Å². The summed E-state index contributed by atoms with van der Waals surface area (Å²) >= 11 is 1.36. The maximum Gasteiger partial charge on any atom is 0.409 e. The number of carbonyl (C=O) groups excluding carboxylic acids is 2. The zero-order chi connectivity index (χ0) is 28.1. The van der Waals surface area contributed by atoms with Crippen LogP contribution in [0.2, 0.25) is 0 Å².